The first-order valence-corrected chi connectivity index (χ1v) is 8.89. The van der Waals surface area contributed by atoms with Crippen molar-refractivity contribution >= 4 is 22.8 Å². The monoisotopic (exact) mass is 370 g/mol. The van der Waals surface area contributed by atoms with Crippen molar-refractivity contribution in [3.8, 4) is 0 Å². The fraction of sp³-hybridized carbons (Fsp3) is 0.0909. The van der Waals surface area contributed by atoms with Crippen LogP contribution in [0.5, 0.6) is 0 Å². The summed E-state index contributed by atoms with van der Waals surface area (Å²) in [7, 11) is 0. The second kappa shape index (κ2) is 7.44. The van der Waals surface area contributed by atoms with Crippen molar-refractivity contribution in [2.75, 3.05) is 5.32 Å². The number of hydrogen-bond donors (Lipinski definition) is 1. The third kappa shape index (κ3) is 3.40. The maximum Gasteiger partial charge on any atom is 0.265 e. The lowest BCUT2D eigenvalue weighted by Gasteiger charge is -2.13. The number of aryl methyl sites for hydroxylation is 1. The van der Waals surface area contributed by atoms with Gasteiger partial charge < -0.3 is 5.32 Å². The summed E-state index contributed by atoms with van der Waals surface area (Å²) < 4.78 is 1.53. The zero-order valence-corrected chi connectivity index (χ0v) is 15.3. The van der Waals surface area contributed by atoms with Crippen LogP contribution in [0.15, 0.2) is 77.9 Å². The summed E-state index contributed by atoms with van der Waals surface area (Å²) in [6.45, 7) is 2.18. The van der Waals surface area contributed by atoms with Crippen LogP contribution in [0, 0.1) is 6.92 Å². The average Bonchev–Trinajstić information content (AvgIpc) is 2.72. The lowest BCUT2D eigenvalue weighted by molar-refractivity contribution is 0.102. The van der Waals surface area contributed by atoms with E-state index >= 15 is 0 Å². The maximum atomic E-state index is 13.1. The third-order valence-electron chi connectivity index (χ3n) is 4.52. The molecule has 0 bridgehead atoms. The fourth-order valence-electron chi connectivity index (χ4n) is 3.07. The van der Waals surface area contributed by atoms with Gasteiger partial charge in [0.05, 0.1) is 6.54 Å². The second-order valence-electron chi connectivity index (χ2n) is 6.47. The van der Waals surface area contributed by atoms with E-state index in [0.29, 0.717) is 18.0 Å². The van der Waals surface area contributed by atoms with Crippen molar-refractivity contribution < 1.29 is 4.79 Å². The smallest absolute Gasteiger partial charge is 0.265 e. The molecule has 0 unspecified atom stereocenters. The van der Waals surface area contributed by atoms with Gasteiger partial charge in [-0.2, -0.15) is 0 Å². The highest BCUT2D eigenvalue weighted by atomic mass is 16.2. The van der Waals surface area contributed by atoms with Gasteiger partial charge >= 0.3 is 0 Å². The highest BCUT2D eigenvalue weighted by molar-refractivity contribution is 6.05. The number of nitrogens with zero attached hydrogens (tertiary/aromatic N) is 3. The van der Waals surface area contributed by atoms with E-state index in [4.69, 9.17) is 0 Å². The van der Waals surface area contributed by atoms with E-state index in [2.05, 4.69) is 15.3 Å². The quantitative estimate of drug-likeness (QED) is 0.597. The van der Waals surface area contributed by atoms with E-state index in [1.54, 1.807) is 30.6 Å². The molecule has 4 rings (SSSR count). The van der Waals surface area contributed by atoms with Gasteiger partial charge in [0.15, 0.2) is 0 Å². The number of carbonyl (C=O) groups excluding carboxylic acids is 1. The molecule has 3 aromatic heterocycles. The zero-order chi connectivity index (χ0) is 19.5. The van der Waals surface area contributed by atoms with Crippen molar-refractivity contribution in [2.45, 2.75) is 13.5 Å². The minimum Gasteiger partial charge on any atom is -0.306 e. The molecular weight excluding hydrogens is 352 g/mol. The Balaban J connectivity index is 1.81. The molecule has 1 aromatic carbocycles. The summed E-state index contributed by atoms with van der Waals surface area (Å²) >= 11 is 0. The minimum absolute atomic E-state index is 0.0569. The molecule has 6 heteroatoms. The van der Waals surface area contributed by atoms with Gasteiger partial charge in [0.25, 0.3) is 11.5 Å². The van der Waals surface area contributed by atoms with Crippen LogP contribution < -0.4 is 10.9 Å². The van der Waals surface area contributed by atoms with Crippen LogP contribution in [-0.4, -0.2) is 20.4 Å². The molecule has 0 saturated heterocycles. The Kier molecular flexibility index (Phi) is 4.68. The van der Waals surface area contributed by atoms with Crippen molar-refractivity contribution in [1.29, 1.82) is 0 Å². The molecule has 0 fully saturated rings. The Bertz CT molecular complexity index is 1220. The molecule has 4 aromatic rings. The number of amides is 1. The Morgan fingerprint density at radius 2 is 1.75 bits per heavy atom. The minimum atomic E-state index is -0.487. The van der Waals surface area contributed by atoms with Gasteiger partial charge in [0, 0.05) is 17.8 Å². The Hall–Kier alpha value is -3.80. The molecule has 28 heavy (non-hydrogen) atoms. The number of nitrogens with one attached hydrogen (secondary N) is 1. The van der Waals surface area contributed by atoms with Crippen LogP contribution in [0.1, 0.15) is 21.5 Å². The van der Waals surface area contributed by atoms with Crippen LogP contribution in [0.3, 0.4) is 0 Å². The van der Waals surface area contributed by atoms with Gasteiger partial charge in [0.2, 0.25) is 0 Å². The molecule has 0 atom stereocenters. The average molecular weight is 370 g/mol. The number of carbonyl (C=O) groups is 1. The number of benzene rings is 1. The van der Waals surface area contributed by atoms with Crippen LogP contribution in [0.25, 0.3) is 11.0 Å². The lowest BCUT2D eigenvalue weighted by Crippen LogP contribution is -2.30. The summed E-state index contributed by atoms with van der Waals surface area (Å²) in [4.78, 5) is 34.5. The predicted molar refractivity (Wildman–Crippen MR) is 108 cm³/mol. The normalized spacial score (nSPS) is 10.8. The molecule has 0 aliphatic carbocycles. The van der Waals surface area contributed by atoms with Gasteiger partial charge in [-0.15, -0.1) is 0 Å². The number of aromatic nitrogens is 3. The molecule has 0 spiro atoms. The molecule has 1 N–H and O–H groups in total. The SMILES string of the molecule is Cc1cccnc1NC(=O)c1cc2cccnc2n(Cc2ccccc2)c1=O. The highest BCUT2D eigenvalue weighted by Gasteiger charge is 2.17. The summed E-state index contributed by atoms with van der Waals surface area (Å²) in [5, 5.41) is 3.46. The number of hydrogen-bond acceptors (Lipinski definition) is 4. The second-order valence-corrected chi connectivity index (χ2v) is 6.47. The Morgan fingerprint density at radius 1 is 1.00 bits per heavy atom. The summed E-state index contributed by atoms with van der Waals surface area (Å²) in [6, 6.07) is 18.5. The van der Waals surface area contributed by atoms with Crippen LogP contribution >= 0.6 is 0 Å². The zero-order valence-electron chi connectivity index (χ0n) is 15.3. The predicted octanol–water partition coefficient (Wildman–Crippen LogP) is 3.40. The summed E-state index contributed by atoms with van der Waals surface area (Å²) in [6.07, 6.45) is 3.24. The third-order valence-corrected chi connectivity index (χ3v) is 4.52. The van der Waals surface area contributed by atoms with E-state index in [1.807, 2.05) is 49.4 Å². The molecule has 0 saturated carbocycles. The molecule has 0 aliphatic rings. The lowest BCUT2D eigenvalue weighted by atomic mass is 10.1. The molecule has 3 heterocycles. The van der Waals surface area contributed by atoms with E-state index in [-0.39, 0.29) is 11.1 Å². The van der Waals surface area contributed by atoms with Crippen LogP contribution in [0.4, 0.5) is 5.82 Å². The standard InChI is InChI=1S/C22H18N4O2/c1-15-7-5-11-23-19(15)25-21(27)18-13-17-10-6-12-24-20(17)26(22(18)28)14-16-8-3-2-4-9-16/h2-13H,14H2,1H3,(H,23,25,27). The summed E-state index contributed by atoms with van der Waals surface area (Å²) in [5.41, 5.74) is 1.99. The van der Waals surface area contributed by atoms with E-state index in [1.165, 1.54) is 4.57 Å². The van der Waals surface area contributed by atoms with Gasteiger partial charge in [-0.1, -0.05) is 36.4 Å². The topological polar surface area (TPSA) is 76.9 Å². The number of anilines is 1. The van der Waals surface area contributed by atoms with Gasteiger partial charge in [-0.25, -0.2) is 9.97 Å². The molecule has 0 aliphatic heterocycles. The van der Waals surface area contributed by atoms with E-state index in [9.17, 15) is 9.59 Å². The van der Waals surface area contributed by atoms with Gasteiger partial charge in [0.1, 0.15) is 17.0 Å². The molecule has 6 nitrogen and oxygen atoms in total. The van der Waals surface area contributed by atoms with Crippen LogP contribution in [0.2, 0.25) is 0 Å². The molecular formula is C22H18N4O2. The molecule has 1 amide bonds. The van der Waals surface area contributed by atoms with E-state index < -0.39 is 5.91 Å². The maximum absolute atomic E-state index is 13.1. The van der Waals surface area contributed by atoms with Gasteiger partial charge in [-0.3, -0.25) is 14.2 Å². The first-order valence-electron chi connectivity index (χ1n) is 8.89. The number of fused-ring (bicyclic) bond motifs is 1. The number of rotatable bonds is 4. The van der Waals surface area contributed by atoms with Crippen LogP contribution in [-0.2, 0) is 6.54 Å². The Morgan fingerprint density at radius 3 is 2.54 bits per heavy atom. The Labute approximate surface area is 161 Å². The van der Waals surface area contributed by atoms with Crippen molar-refractivity contribution in [2.24, 2.45) is 0 Å². The van der Waals surface area contributed by atoms with Gasteiger partial charge in [-0.05, 0) is 42.3 Å². The first kappa shape index (κ1) is 17.6. The first-order chi connectivity index (χ1) is 13.6. The fourth-order valence-corrected chi connectivity index (χ4v) is 3.07. The molecule has 0 radical (unpaired) electrons. The van der Waals surface area contributed by atoms with E-state index in [0.717, 1.165) is 16.5 Å². The highest BCUT2D eigenvalue weighted by Crippen LogP contribution is 2.15. The summed E-state index contributed by atoms with van der Waals surface area (Å²) in [5.74, 6) is -0.0489. The largest absolute Gasteiger partial charge is 0.306 e. The molecule has 138 valence electrons. The van der Waals surface area contributed by atoms with Crippen molar-refractivity contribution in [3.63, 3.8) is 0 Å². The van der Waals surface area contributed by atoms with Crippen molar-refractivity contribution in [3.05, 3.63) is 100 Å². The number of pyridine rings is 3. The van der Waals surface area contributed by atoms with Crippen molar-refractivity contribution in [1.82, 2.24) is 14.5 Å².